The third kappa shape index (κ3) is 5.23. The molecule has 0 fully saturated rings. The van der Waals surface area contributed by atoms with Crippen LogP contribution in [0.1, 0.15) is 35.4 Å². The van der Waals surface area contributed by atoms with Gasteiger partial charge in [-0.1, -0.05) is 48.5 Å². The zero-order valence-electron chi connectivity index (χ0n) is 18.7. The molecule has 3 aromatic rings. The van der Waals surface area contributed by atoms with Crippen molar-refractivity contribution in [1.29, 1.82) is 0 Å². The number of hydrogen-bond donors (Lipinski definition) is 3. The number of anilines is 1. The molecule has 1 aliphatic rings. The van der Waals surface area contributed by atoms with Gasteiger partial charge in [-0.05, 0) is 47.2 Å². The van der Waals surface area contributed by atoms with Gasteiger partial charge in [0.1, 0.15) is 12.6 Å². The molecule has 0 spiro atoms. The van der Waals surface area contributed by atoms with E-state index in [1.807, 2.05) is 55.5 Å². The van der Waals surface area contributed by atoms with Crippen molar-refractivity contribution in [1.82, 2.24) is 10.3 Å². The zero-order valence-corrected chi connectivity index (χ0v) is 18.7. The predicted octanol–water partition coefficient (Wildman–Crippen LogP) is 4.10. The molecule has 0 radical (unpaired) electrons. The van der Waals surface area contributed by atoms with E-state index < -0.39 is 24.0 Å². The van der Waals surface area contributed by atoms with Crippen LogP contribution in [0.25, 0.3) is 11.1 Å². The van der Waals surface area contributed by atoms with Gasteiger partial charge in [-0.2, -0.15) is 0 Å². The number of benzene rings is 2. The van der Waals surface area contributed by atoms with Crippen LogP contribution in [0.5, 0.6) is 0 Å². The van der Waals surface area contributed by atoms with Gasteiger partial charge in [0.15, 0.2) is 0 Å². The lowest BCUT2D eigenvalue weighted by Crippen LogP contribution is -2.44. The number of carbonyl (C=O) groups excluding carboxylic acids is 2. The first-order valence-electron chi connectivity index (χ1n) is 11.0. The topological polar surface area (TPSA) is 118 Å². The SMILES string of the molecule is Cc1cncc(NC(=O)C(CCC(=O)O)NC(=O)OCC2c3ccccc3-c3ccccc32)c1. The normalized spacial score (nSPS) is 12.9. The molecule has 3 N–H and O–H groups in total. The first kappa shape index (κ1) is 23.0. The lowest BCUT2D eigenvalue weighted by Gasteiger charge is -2.19. The largest absolute Gasteiger partial charge is 0.481 e. The number of hydrogen-bond acceptors (Lipinski definition) is 5. The van der Waals surface area contributed by atoms with Crippen LogP contribution in [0, 0.1) is 6.92 Å². The summed E-state index contributed by atoms with van der Waals surface area (Å²) < 4.78 is 5.51. The monoisotopic (exact) mass is 459 g/mol. The first-order valence-corrected chi connectivity index (χ1v) is 11.0. The molecule has 8 heteroatoms. The highest BCUT2D eigenvalue weighted by atomic mass is 16.5. The van der Waals surface area contributed by atoms with E-state index in [0.717, 1.165) is 27.8 Å². The van der Waals surface area contributed by atoms with Gasteiger partial charge in [0.25, 0.3) is 0 Å². The Morgan fingerprint density at radius 1 is 1.03 bits per heavy atom. The number of rotatable bonds is 8. The van der Waals surface area contributed by atoms with E-state index in [1.54, 1.807) is 12.3 Å². The van der Waals surface area contributed by atoms with Gasteiger partial charge >= 0.3 is 12.1 Å². The van der Waals surface area contributed by atoms with Crippen LogP contribution in [0.15, 0.2) is 67.0 Å². The second-order valence-electron chi connectivity index (χ2n) is 8.20. The minimum atomic E-state index is -1.08. The number of fused-ring (bicyclic) bond motifs is 3. The van der Waals surface area contributed by atoms with Crippen molar-refractivity contribution in [3.63, 3.8) is 0 Å². The highest BCUT2D eigenvalue weighted by Gasteiger charge is 2.30. The lowest BCUT2D eigenvalue weighted by atomic mass is 9.98. The van der Waals surface area contributed by atoms with Crippen molar-refractivity contribution in [2.75, 3.05) is 11.9 Å². The quantitative estimate of drug-likeness (QED) is 0.467. The van der Waals surface area contributed by atoms with Gasteiger partial charge < -0.3 is 20.5 Å². The Bertz CT molecular complexity index is 1180. The van der Waals surface area contributed by atoms with Gasteiger partial charge in [-0.3, -0.25) is 14.6 Å². The summed E-state index contributed by atoms with van der Waals surface area (Å²) in [7, 11) is 0. The van der Waals surface area contributed by atoms with Gasteiger partial charge in [0.05, 0.1) is 11.9 Å². The Kier molecular flexibility index (Phi) is 6.87. The van der Waals surface area contributed by atoms with Crippen LogP contribution in [-0.2, 0) is 14.3 Å². The molecule has 174 valence electrons. The Balaban J connectivity index is 1.43. The number of amides is 2. The molecule has 0 saturated heterocycles. The van der Waals surface area contributed by atoms with Crippen molar-refractivity contribution < 1.29 is 24.2 Å². The van der Waals surface area contributed by atoms with Crippen LogP contribution in [-0.4, -0.2) is 40.7 Å². The summed E-state index contributed by atoms with van der Waals surface area (Å²) >= 11 is 0. The summed E-state index contributed by atoms with van der Waals surface area (Å²) in [4.78, 5) is 40.5. The number of carboxylic acid groups (broad SMARTS) is 1. The van der Waals surface area contributed by atoms with Crippen molar-refractivity contribution in [2.45, 2.75) is 31.7 Å². The van der Waals surface area contributed by atoms with Crippen LogP contribution >= 0.6 is 0 Å². The average Bonchev–Trinajstić information content (AvgIpc) is 3.14. The van der Waals surface area contributed by atoms with Gasteiger partial charge in [0, 0.05) is 18.5 Å². The summed E-state index contributed by atoms with van der Waals surface area (Å²) in [6.07, 6.45) is 1.98. The molecule has 1 aliphatic carbocycles. The van der Waals surface area contributed by atoms with Crippen molar-refractivity contribution in [3.8, 4) is 11.1 Å². The maximum atomic E-state index is 12.8. The lowest BCUT2D eigenvalue weighted by molar-refractivity contribution is -0.137. The second-order valence-corrected chi connectivity index (χ2v) is 8.20. The summed E-state index contributed by atoms with van der Waals surface area (Å²) in [5.74, 6) is -1.73. The standard InChI is InChI=1S/C26H25N3O5/c1-16-12-17(14-27-13-16)28-25(32)23(10-11-24(30)31)29-26(33)34-15-22-20-8-4-2-6-18(20)19-7-3-5-9-21(19)22/h2-9,12-14,22-23H,10-11,15H2,1H3,(H,28,32)(H,29,33)(H,30,31). The van der Waals surface area contributed by atoms with E-state index in [-0.39, 0.29) is 25.4 Å². The molecule has 0 saturated carbocycles. The molecular weight excluding hydrogens is 434 g/mol. The number of aromatic nitrogens is 1. The fourth-order valence-electron chi connectivity index (χ4n) is 4.17. The smallest absolute Gasteiger partial charge is 0.407 e. The van der Waals surface area contributed by atoms with Crippen molar-refractivity contribution >= 4 is 23.7 Å². The first-order chi connectivity index (χ1) is 16.4. The molecule has 8 nitrogen and oxygen atoms in total. The van der Waals surface area contributed by atoms with Crippen LogP contribution in [0.4, 0.5) is 10.5 Å². The maximum Gasteiger partial charge on any atom is 0.407 e. The molecule has 4 rings (SSSR count). The maximum absolute atomic E-state index is 12.8. The van der Waals surface area contributed by atoms with E-state index >= 15 is 0 Å². The molecule has 34 heavy (non-hydrogen) atoms. The molecule has 1 atom stereocenters. The number of carbonyl (C=O) groups is 3. The van der Waals surface area contributed by atoms with Gasteiger partial charge in [-0.15, -0.1) is 0 Å². The van der Waals surface area contributed by atoms with Crippen LogP contribution < -0.4 is 10.6 Å². The third-order valence-corrected chi connectivity index (χ3v) is 5.74. The number of nitrogens with one attached hydrogen (secondary N) is 2. The number of aryl methyl sites for hydroxylation is 1. The van der Waals surface area contributed by atoms with Crippen molar-refractivity contribution in [2.24, 2.45) is 0 Å². The van der Waals surface area contributed by atoms with E-state index in [1.165, 1.54) is 6.20 Å². The van der Waals surface area contributed by atoms with E-state index in [2.05, 4.69) is 15.6 Å². The van der Waals surface area contributed by atoms with Gasteiger partial charge in [-0.25, -0.2) is 4.79 Å². The fourth-order valence-corrected chi connectivity index (χ4v) is 4.17. The second kappa shape index (κ2) is 10.2. The molecule has 2 aromatic carbocycles. The Labute approximate surface area is 197 Å². The number of nitrogens with zero attached hydrogens (tertiary/aromatic N) is 1. The molecule has 1 aromatic heterocycles. The number of pyridine rings is 1. The molecule has 1 heterocycles. The number of aliphatic carboxylic acids is 1. The third-order valence-electron chi connectivity index (χ3n) is 5.74. The average molecular weight is 460 g/mol. The zero-order chi connectivity index (χ0) is 24.1. The number of alkyl carbamates (subject to hydrolysis) is 1. The molecule has 0 bridgehead atoms. The Morgan fingerprint density at radius 2 is 1.68 bits per heavy atom. The molecule has 1 unspecified atom stereocenters. The summed E-state index contributed by atoms with van der Waals surface area (Å²) in [6, 6.07) is 16.6. The minimum Gasteiger partial charge on any atom is -0.481 e. The Morgan fingerprint density at radius 3 is 2.29 bits per heavy atom. The summed E-state index contributed by atoms with van der Waals surface area (Å²) in [5.41, 5.74) is 5.67. The number of carboxylic acids is 1. The highest BCUT2D eigenvalue weighted by Crippen LogP contribution is 2.44. The number of ether oxygens (including phenoxy) is 1. The van der Waals surface area contributed by atoms with E-state index in [0.29, 0.717) is 5.69 Å². The van der Waals surface area contributed by atoms with E-state index in [4.69, 9.17) is 9.84 Å². The van der Waals surface area contributed by atoms with Crippen LogP contribution in [0.3, 0.4) is 0 Å². The molecular formula is C26H25N3O5. The van der Waals surface area contributed by atoms with Crippen LogP contribution in [0.2, 0.25) is 0 Å². The fraction of sp³-hybridized carbons (Fsp3) is 0.231. The van der Waals surface area contributed by atoms with Gasteiger partial charge in [0.2, 0.25) is 5.91 Å². The summed E-state index contributed by atoms with van der Waals surface area (Å²) in [6.45, 7) is 1.93. The van der Waals surface area contributed by atoms with Crippen molar-refractivity contribution in [3.05, 3.63) is 83.7 Å². The summed E-state index contributed by atoms with van der Waals surface area (Å²) in [5, 5.41) is 14.2. The molecule has 0 aliphatic heterocycles. The highest BCUT2D eigenvalue weighted by molar-refractivity contribution is 5.96. The van der Waals surface area contributed by atoms with E-state index in [9.17, 15) is 14.4 Å². The minimum absolute atomic E-state index is 0.0788. The Hall–Kier alpha value is -4.20. The molecule has 2 amide bonds. The predicted molar refractivity (Wildman–Crippen MR) is 126 cm³/mol.